The summed E-state index contributed by atoms with van der Waals surface area (Å²) in [6, 6.07) is 22.1. The lowest BCUT2D eigenvalue weighted by Crippen LogP contribution is -2.30. The Morgan fingerprint density at radius 3 is 2.07 bits per heavy atom. The first kappa shape index (κ1) is 19.2. The number of thiophene rings is 1. The molecule has 1 amide bonds. The van der Waals surface area contributed by atoms with Crippen LogP contribution in [0.1, 0.15) is 32.1 Å². The second kappa shape index (κ2) is 8.05. The maximum absolute atomic E-state index is 13.6. The maximum atomic E-state index is 13.6. The minimum atomic E-state index is -0.0599. The molecule has 2 heterocycles. The van der Waals surface area contributed by atoms with Crippen molar-refractivity contribution in [2.45, 2.75) is 26.9 Å². The van der Waals surface area contributed by atoms with Crippen molar-refractivity contribution < 1.29 is 4.79 Å². The smallest absolute Gasteiger partial charge is 0.266 e. The van der Waals surface area contributed by atoms with Crippen molar-refractivity contribution in [3.63, 3.8) is 0 Å². The van der Waals surface area contributed by atoms with Crippen LogP contribution in [0, 0.1) is 13.8 Å². The van der Waals surface area contributed by atoms with Gasteiger partial charge in [-0.3, -0.25) is 4.79 Å². The van der Waals surface area contributed by atoms with Crippen molar-refractivity contribution in [2.75, 3.05) is 5.73 Å². The van der Waals surface area contributed by atoms with Gasteiger partial charge in [0.2, 0.25) is 0 Å². The van der Waals surface area contributed by atoms with Gasteiger partial charge in [0.25, 0.3) is 5.91 Å². The number of aryl methyl sites for hydroxylation is 2. The fourth-order valence-corrected chi connectivity index (χ4v) is 4.76. The second-order valence-corrected chi connectivity index (χ2v) is 8.24. The van der Waals surface area contributed by atoms with Gasteiger partial charge in [0, 0.05) is 24.2 Å². The fourth-order valence-electron chi connectivity index (χ4n) is 3.58. The topological polar surface area (TPSA) is 59.2 Å². The van der Waals surface area contributed by atoms with Crippen molar-refractivity contribution in [3.8, 4) is 0 Å². The predicted octanol–water partition coefficient (Wildman–Crippen LogP) is 5.34. The summed E-state index contributed by atoms with van der Waals surface area (Å²) >= 11 is 1.38. The Morgan fingerprint density at radius 1 is 0.966 bits per heavy atom. The molecule has 0 atom stereocenters. The van der Waals surface area contributed by atoms with Crippen LogP contribution in [0.5, 0.6) is 0 Å². The molecule has 0 aliphatic heterocycles. The molecule has 0 spiro atoms. The quantitative estimate of drug-likeness (QED) is 0.491. The highest BCUT2D eigenvalue weighted by Gasteiger charge is 2.24. The summed E-state index contributed by atoms with van der Waals surface area (Å²) in [4.78, 5) is 21.4. The molecule has 4 rings (SSSR count). The number of hydrogen-bond acceptors (Lipinski definition) is 4. The molecule has 2 aromatic heterocycles. The standard InChI is InChI=1S/C24H23N3OS/c1-16-13-17(2)26-23-20(16)21(25)22(29-23)24(28)27(14-18-9-5-3-6-10-18)15-19-11-7-4-8-12-19/h3-13H,14-15,25H2,1-2H3. The molecule has 4 nitrogen and oxygen atoms in total. The zero-order valence-corrected chi connectivity index (χ0v) is 17.4. The molecule has 0 unspecified atom stereocenters. The summed E-state index contributed by atoms with van der Waals surface area (Å²) in [7, 11) is 0. The lowest BCUT2D eigenvalue weighted by Gasteiger charge is -2.23. The zero-order chi connectivity index (χ0) is 20.4. The molecule has 0 saturated carbocycles. The number of nitrogens with two attached hydrogens (primary N) is 1. The first-order chi connectivity index (χ1) is 14.0. The van der Waals surface area contributed by atoms with Crippen LogP contribution in [-0.4, -0.2) is 15.8 Å². The number of amides is 1. The highest BCUT2D eigenvalue weighted by Crippen LogP contribution is 2.36. The number of carbonyl (C=O) groups excluding carboxylic acids is 1. The number of rotatable bonds is 5. The van der Waals surface area contributed by atoms with Crippen molar-refractivity contribution in [3.05, 3.63) is 94.0 Å². The van der Waals surface area contributed by atoms with Gasteiger partial charge in [-0.15, -0.1) is 11.3 Å². The number of nitrogen functional groups attached to an aromatic ring is 1. The van der Waals surface area contributed by atoms with Gasteiger partial charge in [0.15, 0.2) is 0 Å². The minimum absolute atomic E-state index is 0.0599. The average molecular weight is 402 g/mol. The number of fused-ring (bicyclic) bond motifs is 1. The van der Waals surface area contributed by atoms with Gasteiger partial charge in [-0.2, -0.15) is 0 Å². The van der Waals surface area contributed by atoms with Gasteiger partial charge in [-0.25, -0.2) is 4.98 Å². The lowest BCUT2D eigenvalue weighted by atomic mass is 10.1. The van der Waals surface area contributed by atoms with E-state index in [1.165, 1.54) is 11.3 Å². The van der Waals surface area contributed by atoms with E-state index < -0.39 is 0 Å². The largest absolute Gasteiger partial charge is 0.397 e. The number of aromatic nitrogens is 1. The van der Waals surface area contributed by atoms with E-state index in [1.807, 2.05) is 85.5 Å². The Labute approximate surface area is 174 Å². The fraction of sp³-hybridized carbons (Fsp3) is 0.167. The molecule has 0 bridgehead atoms. The highest BCUT2D eigenvalue weighted by molar-refractivity contribution is 7.21. The maximum Gasteiger partial charge on any atom is 0.266 e. The molecule has 0 aliphatic rings. The molecule has 4 aromatic rings. The lowest BCUT2D eigenvalue weighted by molar-refractivity contribution is 0.0736. The van der Waals surface area contributed by atoms with Gasteiger partial charge < -0.3 is 10.6 Å². The molecule has 0 aliphatic carbocycles. The van der Waals surface area contributed by atoms with E-state index in [2.05, 4.69) is 4.98 Å². The molecule has 29 heavy (non-hydrogen) atoms. The van der Waals surface area contributed by atoms with Crippen LogP contribution in [0.4, 0.5) is 5.69 Å². The molecule has 2 N–H and O–H groups in total. The van der Waals surface area contributed by atoms with E-state index in [0.29, 0.717) is 23.7 Å². The van der Waals surface area contributed by atoms with Gasteiger partial charge in [0.1, 0.15) is 9.71 Å². The summed E-state index contributed by atoms with van der Waals surface area (Å²) in [6.45, 7) is 5.02. The molecule has 0 radical (unpaired) electrons. The third-order valence-corrected chi connectivity index (χ3v) is 6.03. The van der Waals surface area contributed by atoms with Gasteiger partial charge in [0.05, 0.1) is 5.69 Å². The summed E-state index contributed by atoms with van der Waals surface area (Å²) in [6.07, 6.45) is 0. The summed E-state index contributed by atoms with van der Waals surface area (Å²) in [5, 5.41) is 0.892. The normalized spacial score (nSPS) is 11.0. The Hall–Kier alpha value is -3.18. The molecular formula is C24H23N3OS. The Morgan fingerprint density at radius 2 is 1.52 bits per heavy atom. The summed E-state index contributed by atoms with van der Waals surface area (Å²) in [5.41, 5.74) is 11.1. The van der Waals surface area contributed by atoms with E-state index in [9.17, 15) is 4.79 Å². The summed E-state index contributed by atoms with van der Waals surface area (Å²) < 4.78 is 0. The van der Waals surface area contributed by atoms with Crippen LogP contribution in [-0.2, 0) is 13.1 Å². The Balaban J connectivity index is 1.73. The van der Waals surface area contributed by atoms with E-state index in [1.54, 1.807) is 0 Å². The number of nitrogens with zero attached hydrogens (tertiary/aromatic N) is 2. The van der Waals surface area contributed by atoms with E-state index in [0.717, 1.165) is 32.6 Å². The van der Waals surface area contributed by atoms with Crippen LogP contribution in [0.3, 0.4) is 0 Å². The van der Waals surface area contributed by atoms with Gasteiger partial charge >= 0.3 is 0 Å². The van der Waals surface area contributed by atoms with Crippen LogP contribution in [0.2, 0.25) is 0 Å². The van der Waals surface area contributed by atoms with E-state index in [4.69, 9.17) is 5.73 Å². The van der Waals surface area contributed by atoms with Crippen molar-refractivity contribution in [2.24, 2.45) is 0 Å². The number of benzene rings is 2. The van der Waals surface area contributed by atoms with Crippen LogP contribution >= 0.6 is 11.3 Å². The average Bonchev–Trinajstić information content (AvgIpc) is 3.05. The highest BCUT2D eigenvalue weighted by atomic mass is 32.1. The number of pyridine rings is 1. The Kier molecular flexibility index (Phi) is 5.32. The van der Waals surface area contributed by atoms with Crippen molar-refractivity contribution in [1.29, 1.82) is 0 Å². The van der Waals surface area contributed by atoms with Crippen LogP contribution in [0.25, 0.3) is 10.2 Å². The number of carbonyl (C=O) groups is 1. The minimum Gasteiger partial charge on any atom is -0.397 e. The van der Waals surface area contributed by atoms with E-state index in [-0.39, 0.29) is 5.91 Å². The molecule has 0 saturated heterocycles. The predicted molar refractivity (Wildman–Crippen MR) is 120 cm³/mol. The van der Waals surface area contributed by atoms with Gasteiger partial charge in [-0.05, 0) is 36.6 Å². The summed E-state index contributed by atoms with van der Waals surface area (Å²) in [5.74, 6) is -0.0599. The molecular weight excluding hydrogens is 378 g/mol. The third kappa shape index (κ3) is 4.00. The zero-order valence-electron chi connectivity index (χ0n) is 16.6. The monoisotopic (exact) mass is 401 g/mol. The number of hydrogen-bond donors (Lipinski definition) is 1. The molecule has 5 heteroatoms. The molecule has 2 aromatic carbocycles. The first-order valence-electron chi connectivity index (χ1n) is 9.56. The molecule has 0 fully saturated rings. The van der Waals surface area contributed by atoms with Gasteiger partial charge in [-0.1, -0.05) is 60.7 Å². The van der Waals surface area contributed by atoms with Crippen LogP contribution in [0.15, 0.2) is 66.7 Å². The van der Waals surface area contributed by atoms with Crippen molar-refractivity contribution >= 4 is 33.1 Å². The van der Waals surface area contributed by atoms with Crippen molar-refractivity contribution in [1.82, 2.24) is 9.88 Å². The SMILES string of the molecule is Cc1cc(C)c2c(N)c(C(=O)N(Cc3ccccc3)Cc3ccccc3)sc2n1. The first-order valence-corrected chi connectivity index (χ1v) is 10.4. The third-order valence-electron chi connectivity index (χ3n) is 4.94. The number of anilines is 1. The Bertz CT molecular complexity index is 1110. The second-order valence-electron chi connectivity index (χ2n) is 7.24. The van der Waals surface area contributed by atoms with Crippen LogP contribution < -0.4 is 5.73 Å². The van der Waals surface area contributed by atoms with E-state index >= 15 is 0 Å². The molecule has 146 valence electrons.